The van der Waals surface area contributed by atoms with Crippen molar-refractivity contribution < 1.29 is 27.5 Å². The van der Waals surface area contributed by atoms with Crippen molar-refractivity contribution in [2.24, 2.45) is 5.10 Å². The number of imidazole rings is 1. The quantitative estimate of drug-likeness (QED) is 0.420. The van der Waals surface area contributed by atoms with Gasteiger partial charge in [-0.2, -0.15) is 23.4 Å². The van der Waals surface area contributed by atoms with Gasteiger partial charge in [-0.1, -0.05) is 12.1 Å². The molecule has 2 aromatic heterocycles. The summed E-state index contributed by atoms with van der Waals surface area (Å²) in [5.74, 6) is 0.929. The van der Waals surface area contributed by atoms with Crippen LogP contribution in [0.15, 0.2) is 48.0 Å². The van der Waals surface area contributed by atoms with Gasteiger partial charge >= 0.3 is 12.2 Å². The van der Waals surface area contributed by atoms with E-state index in [4.69, 9.17) is 4.74 Å². The zero-order valence-corrected chi connectivity index (χ0v) is 23.5. The van der Waals surface area contributed by atoms with E-state index in [0.29, 0.717) is 42.9 Å². The van der Waals surface area contributed by atoms with E-state index in [2.05, 4.69) is 26.7 Å². The van der Waals surface area contributed by atoms with Crippen LogP contribution in [0.25, 0.3) is 11.3 Å². The Morgan fingerprint density at radius 1 is 1.12 bits per heavy atom. The highest BCUT2D eigenvalue weighted by Crippen LogP contribution is 2.30. The van der Waals surface area contributed by atoms with Gasteiger partial charge in [-0.3, -0.25) is 9.48 Å². The van der Waals surface area contributed by atoms with Gasteiger partial charge in [0.1, 0.15) is 12.4 Å². The minimum absolute atomic E-state index is 0.00471. The molecule has 2 atom stereocenters. The van der Waals surface area contributed by atoms with Gasteiger partial charge in [-0.25, -0.2) is 14.5 Å². The van der Waals surface area contributed by atoms with Crippen LogP contribution in [0.2, 0.25) is 0 Å². The van der Waals surface area contributed by atoms with Crippen molar-refractivity contribution in [3.05, 3.63) is 54.2 Å². The van der Waals surface area contributed by atoms with Crippen LogP contribution in [0.5, 0.6) is 0 Å². The predicted molar refractivity (Wildman–Crippen MR) is 152 cm³/mol. The molecule has 0 aliphatic carbocycles. The molecule has 0 saturated carbocycles. The normalized spacial score (nSPS) is 20.7. The van der Waals surface area contributed by atoms with Crippen molar-refractivity contribution in [2.75, 3.05) is 31.6 Å². The minimum Gasteiger partial charge on any atom is -0.378 e. The maximum absolute atomic E-state index is 12.7. The molecule has 0 radical (unpaired) electrons. The number of nitrogens with one attached hydrogen (secondary N) is 2. The molecule has 2 fully saturated rings. The lowest BCUT2D eigenvalue weighted by Gasteiger charge is -2.32. The number of likely N-dealkylation sites (tertiary alicyclic amines) is 1. The first kappa shape index (κ1) is 28.9. The summed E-state index contributed by atoms with van der Waals surface area (Å²) >= 11 is 0. The second kappa shape index (κ2) is 12.2. The number of nitrogens with zero attached hydrogens (tertiary/aromatic N) is 6. The number of carbonyl (C=O) groups excluding carboxylic acids is 2. The highest BCUT2D eigenvalue weighted by atomic mass is 19.4. The number of piperidine rings is 1. The molecular formula is C29H33F3N8O3. The fraction of sp³-hybridized carbons (Fsp3) is 0.483. The Hall–Kier alpha value is -4.20. The monoisotopic (exact) mass is 598 g/mol. The lowest BCUT2D eigenvalue weighted by molar-refractivity contribution is -0.134. The second-order valence-corrected chi connectivity index (χ2v) is 11.2. The number of halogens is 3. The summed E-state index contributed by atoms with van der Waals surface area (Å²) in [4.78, 5) is 31.0. The summed E-state index contributed by atoms with van der Waals surface area (Å²) in [6, 6.07) is 6.04. The summed E-state index contributed by atoms with van der Waals surface area (Å²) in [6.07, 6.45) is 7.83. The van der Waals surface area contributed by atoms with Crippen molar-refractivity contribution in [1.29, 1.82) is 0 Å². The van der Waals surface area contributed by atoms with Crippen molar-refractivity contribution >= 4 is 23.8 Å². The molecule has 1 aromatic carbocycles. The average Bonchev–Trinajstić information content (AvgIpc) is 3.77. The van der Waals surface area contributed by atoms with Gasteiger partial charge in [0.05, 0.1) is 36.7 Å². The third kappa shape index (κ3) is 6.90. The first-order chi connectivity index (χ1) is 20.7. The zero-order valence-electron chi connectivity index (χ0n) is 23.5. The minimum atomic E-state index is -4.49. The Kier molecular flexibility index (Phi) is 8.19. The first-order valence-electron chi connectivity index (χ1n) is 14.5. The topological polar surface area (TPSA) is 119 Å². The molecule has 0 bridgehead atoms. The maximum atomic E-state index is 12.7. The number of ether oxygens (including phenoxy) is 1. The first-order valence-corrected chi connectivity index (χ1v) is 14.5. The molecule has 11 nitrogen and oxygen atoms in total. The van der Waals surface area contributed by atoms with Gasteiger partial charge in [0.2, 0.25) is 5.91 Å². The fourth-order valence-corrected chi connectivity index (χ4v) is 5.81. The average molecular weight is 599 g/mol. The van der Waals surface area contributed by atoms with Crippen LogP contribution in [0.1, 0.15) is 55.5 Å². The summed E-state index contributed by atoms with van der Waals surface area (Å²) in [6.45, 7) is 0.764. The van der Waals surface area contributed by atoms with Crippen molar-refractivity contribution in [1.82, 2.24) is 29.7 Å². The number of hydrogen-bond acceptors (Lipinski definition) is 6. The highest BCUT2D eigenvalue weighted by molar-refractivity contribution is 5.90. The molecule has 3 aromatic rings. The fourth-order valence-electron chi connectivity index (χ4n) is 5.81. The number of benzene rings is 1. The molecule has 3 aliphatic rings. The van der Waals surface area contributed by atoms with Gasteiger partial charge in [0.25, 0.3) is 0 Å². The third-order valence-corrected chi connectivity index (χ3v) is 8.11. The van der Waals surface area contributed by atoms with Crippen molar-refractivity contribution in [3.8, 4) is 11.3 Å². The van der Waals surface area contributed by atoms with Crippen LogP contribution in [0, 0.1) is 0 Å². The van der Waals surface area contributed by atoms with Gasteiger partial charge < -0.3 is 20.3 Å². The molecule has 2 N–H and O–H groups in total. The Bertz CT molecular complexity index is 1490. The summed E-state index contributed by atoms with van der Waals surface area (Å²) in [5, 5.41) is 13.5. The Balaban J connectivity index is 1.05. The van der Waals surface area contributed by atoms with E-state index in [1.807, 2.05) is 28.1 Å². The predicted octanol–water partition coefficient (Wildman–Crippen LogP) is 4.34. The van der Waals surface area contributed by atoms with E-state index < -0.39 is 18.8 Å². The van der Waals surface area contributed by atoms with Gasteiger partial charge in [0, 0.05) is 55.7 Å². The number of alkyl halides is 3. The molecule has 3 aliphatic heterocycles. The number of fused-ring (bicyclic) bond motifs is 1. The standard InChI is InChI=1S/C29H33F3N8O3/c30-29(31,32)18-34-28(42)37-22-4-1-3-19(11-22)25-16-33-26-12-20(14-36-40(25)26)21-15-35-39(17-21)23-6-8-38(9-7-23)27(41)13-24-5-2-10-43-24/h1,3-4,11,14-17,20,23-24H,2,5-10,12-13,18H2,(H2,34,37,42). The van der Waals surface area contributed by atoms with Crippen LogP contribution >= 0.6 is 0 Å². The number of aromatic nitrogens is 4. The highest BCUT2D eigenvalue weighted by Gasteiger charge is 2.29. The Morgan fingerprint density at radius 3 is 2.72 bits per heavy atom. The molecule has 43 heavy (non-hydrogen) atoms. The smallest absolute Gasteiger partial charge is 0.378 e. The molecule has 2 unspecified atom stereocenters. The molecule has 6 rings (SSSR count). The number of urea groups is 1. The van der Waals surface area contributed by atoms with Gasteiger partial charge in [-0.15, -0.1) is 0 Å². The number of amides is 3. The van der Waals surface area contributed by atoms with Crippen LogP contribution in [-0.2, 0) is 16.0 Å². The molecule has 3 amide bonds. The third-order valence-electron chi connectivity index (χ3n) is 8.11. The van der Waals surface area contributed by atoms with Crippen molar-refractivity contribution in [2.45, 2.75) is 62.8 Å². The van der Waals surface area contributed by atoms with E-state index in [1.165, 1.54) is 0 Å². The molecule has 5 heterocycles. The Labute approximate surface area is 246 Å². The number of carbonyl (C=O) groups is 2. The van der Waals surface area contributed by atoms with E-state index in [-0.39, 0.29) is 24.0 Å². The molecule has 0 spiro atoms. The van der Waals surface area contributed by atoms with Crippen LogP contribution in [0.4, 0.5) is 23.7 Å². The molecular weight excluding hydrogens is 565 g/mol. The second-order valence-electron chi connectivity index (χ2n) is 11.2. The molecule has 2 saturated heterocycles. The largest absolute Gasteiger partial charge is 0.405 e. The van der Waals surface area contributed by atoms with E-state index in [1.54, 1.807) is 34.4 Å². The van der Waals surface area contributed by atoms with Crippen LogP contribution < -0.4 is 10.6 Å². The summed E-state index contributed by atoms with van der Waals surface area (Å²) < 4.78 is 46.5. The van der Waals surface area contributed by atoms with Crippen molar-refractivity contribution in [3.63, 3.8) is 0 Å². The van der Waals surface area contributed by atoms with E-state index >= 15 is 0 Å². The maximum Gasteiger partial charge on any atom is 0.405 e. The Morgan fingerprint density at radius 2 is 1.95 bits per heavy atom. The van der Waals surface area contributed by atoms with E-state index in [9.17, 15) is 22.8 Å². The SMILES string of the molecule is O=C(NCC(F)(F)F)Nc1cccc(-c2cnc3n2N=CC(c2cnn(C4CCN(C(=O)CC5CCCO5)CC4)c2)C3)c1. The van der Waals surface area contributed by atoms with Crippen LogP contribution in [0.3, 0.4) is 0 Å². The lowest BCUT2D eigenvalue weighted by atomic mass is 9.99. The lowest BCUT2D eigenvalue weighted by Crippen LogP contribution is -2.40. The number of anilines is 1. The molecule has 228 valence electrons. The van der Waals surface area contributed by atoms with Crippen LogP contribution in [-0.4, -0.2) is 81.0 Å². The summed E-state index contributed by atoms with van der Waals surface area (Å²) in [7, 11) is 0. The number of hydrogen-bond donors (Lipinski definition) is 2. The van der Waals surface area contributed by atoms with Gasteiger partial charge in [0.15, 0.2) is 0 Å². The summed E-state index contributed by atoms with van der Waals surface area (Å²) in [5.41, 5.74) is 2.78. The zero-order chi connectivity index (χ0) is 30.0. The van der Waals surface area contributed by atoms with E-state index in [0.717, 1.165) is 43.7 Å². The van der Waals surface area contributed by atoms with Gasteiger partial charge in [-0.05, 0) is 43.4 Å². The molecule has 14 heteroatoms. The number of rotatable bonds is 7.